The first-order valence-electron chi connectivity index (χ1n) is 6.01. The van der Waals surface area contributed by atoms with Crippen molar-refractivity contribution in [3.8, 4) is 0 Å². The van der Waals surface area contributed by atoms with Crippen LogP contribution in [0.3, 0.4) is 0 Å². The Kier molecular flexibility index (Phi) is 3.96. The molecule has 1 saturated carbocycles. The van der Waals surface area contributed by atoms with E-state index in [1.165, 1.54) is 0 Å². The number of Topliss-reactive ketones (excluding diaryl/α,β-unsaturated/α-hetero) is 1. The summed E-state index contributed by atoms with van der Waals surface area (Å²) in [6.07, 6.45) is 3.04. The molecule has 0 amide bonds. The van der Waals surface area contributed by atoms with Crippen LogP contribution in [0.4, 0.5) is 0 Å². The summed E-state index contributed by atoms with van der Waals surface area (Å²) in [5, 5.41) is 1.15. The summed E-state index contributed by atoms with van der Waals surface area (Å²) in [5.41, 5.74) is 0.436. The van der Waals surface area contributed by atoms with Gasteiger partial charge in [-0.2, -0.15) is 0 Å². The van der Waals surface area contributed by atoms with E-state index >= 15 is 0 Å². The quantitative estimate of drug-likeness (QED) is 0.645. The fraction of sp³-hybridized carbons (Fsp3) is 0.500. The van der Waals surface area contributed by atoms with E-state index in [-0.39, 0.29) is 17.1 Å². The predicted octanol–water partition coefficient (Wildman–Crippen LogP) is 5.66. The standard InChI is InChI=1S/C14H15Cl3O/c1-14(2)5-3-4-9(14)13(18)12-10(16)6-8(15)7-11(12)17/h6-7,9H,3-5H2,1-2H3. The number of hydrogen-bond acceptors (Lipinski definition) is 1. The molecule has 2 rings (SSSR count). The van der Waals surface area contributed by atoms with E-state index in [9.17, 15) is 4.79 Å². The molecule has 0 aromatic heterocycles. The molecule has 1 aromatic rings. The molecule has 1 fully saturated rings. The number of carbonyl (C=O) groups is 1. The molecule has 0 saturated heterocycles. The Labute approximate surface area is 122 Å². The predicted molar refractivity (Wildman–Crippen MR) is 76.9 cm³/mol. The second-order valence-electron chi connectivity index (χ2n) is 5.54. The van der Waals surface area contributed by atoms with Crippen LogP contribution >= 0.6 is 34.8 Å². The van der Waals surface area contributed by atoms with E-state index in [1.54, 1.807) is 12.1 Å². The van der Waals surface area contributed by atoms with Gasteiger partial charge in [0.05, 0.1) is 15.6 Å². The summed E-state index contributed by atoms with van der Waals surface area (Å²) in [7, 11) is 0. The van der Waals surface area contributed by atoms with Gasteiger partial charge in [0, 0.05) is 10.9 Å². The molecule has 1 atom stereocenters. The number of hydrogen-bond donors (Lipinski definition) is 0. The van der Waals surface area contributed by atoms with Gasteiger partial charge in [-0.3, -0.25) is 4.79 Å². The van der Waals surface area contributed by atoms with E-state index < -0.39 is 0 Å². The number of ketones is 1. The van der Waals surface area contributed by atoms with E-state index in [0.717, 1.165) is 19.3 Å². The lowest BCUT2D eigenvalue weighted by Gasteiger charge is -2.26. The van der Waals surface area contributed by atoms with Crippen molar-refractivity contribution in [2.24, 2.45) is 11.3 Å². The molecular formula is C14H15Cl3O. The third-order valence-corrected chi connectivity index (χ3v) is 4.64. The van der Waals surface area contributed by atoms with Gasteiger partial charge in [0.1, 0.15) is 0 Å². The average molecular weight is 306 g/mol. The fourth-order valence-corrected chi connectivity index (χ4v) is 3.77. The summed E-state index contributed by atoms with van der Waals surface area (Å²) in [5.74, 6) is 0.0397. The molecule has 1 aromatic carbocycles. The molecular weight excluding hydrogens is 291 g/mol. The van der Waals surface area contributed by atoms with Crippen LogP contribution in [0.25, 0.3) is 0 Å². The summed E-state index contributed by atoms with van der Waals surface area (Å²) in [4.78, 5) is 12.6. The number of carbonyl (C=O) groups excluding carboxylic acids is 1. The van der Waals surface area contributed by atoms with Crippen molar-refractivity contribution in [3.05, 3.63) is 32.8 Å². The van der Waals surface area contributed by atoms with Crippen molar-refractivity contribution in [1.29, 1.82) is 0 Å². The van der Waals surface area contributed by atoms with Gasteiger partial charge < -0.3 is 0 Å². The van der Waals surface area contributed by atoms with Gasteiger partial charge in [-0.25, -0.2) is 0 Å². The van der Waals surface area contributed by atoms with Crippen molar-refractivity contribution >= 4 is 40.6 Å². The Morgan fingerprint density at radius 1 is 1.22 bits per heavy atom. The van der Waals surface area contributed by atoms with Crippen LogP contribution in [0.2, 0.25) is 15.1 Å². The molecule has 1 nitrogen and oxygen atoms in total. The highest BCUT2D eigenvalue weighted by Gasteiger charge is 2.40. The zero-order valence-electron chi connectivity index (χ0n) is 10.4. The summed E-state index contributed by atoms with van der Waals surface area (Å²) in [6.45, 7) is 4.25. The van der Waals surface area contributed by atoms with E-state index in [4.69, 9.17) is 34.8 Å². The largest absolute Gasteiger partial charge is 0.294 e. The van der Waals surface area contributed by atoms with Crippen LogP contribution in [0.1, 0.15) is 43.5 Å². The van der Waals surface area contributed by atoms with Gasteiger partial charge in [-0.15, -0.1) is 0 Å². The summed E-state index contributed by atoms with van der Waals surface area (Å²) >= 11 is 18.1. The van der Waals surface area contributed by atoms with Gasteiger partial charge >= 0.3 is 0 Å². The maximum absolute atomic E-state index is 12.6. The van der Waals surface area contributed by atoms with Crippen LogP contribution in [0, 0.1) is 11.3 Å². The minimum atomic E-state index is -0.00586. The molecule has 1 unspecified atom stereocenters. The molecule has 1 aliphatic rings. The average Bonchev–Trinajstić information content (AvgIpc) is 2.56. The highest BCUT2D eigenvalue weighted by molar-refractivity contribution is 6.42. The van der Waals surface area contributed by atoms with Gasteiger partial charge in [0.15, 0.2) is 5.78 Å². The highest BCUT2D eigenvalue weighted by Crippen LogP contribution is 2.45. The fourth-order valence-electron chi connectivity index (χ4n) is 2.76. The van der Waals surface area contributed by atoms with Crippen LogP contribution in [0.5, 0.6) is 0 Å². The number of rotatable bonds is 2. The van der Waals surface area contributed by atoms with Crippen LogP contribution in [-0.4, -0.2) is 5.78 Å². The highest BCUT2D eigenvalue weighted by atomic mass is 35.5. The SMILES string of the molecule is CC1(C)CCCC1C(=O)c1c(Cl)cc(Cl)cc1Cl. The van der Waals surface area contributed by atoms with Crippen LogP contribution in [0.15, 0.2) is 12.1 Å². The van der Waals surface area contributed by atoms with Crippen molar-refractivity contribution in [2.45, 2.75) is 33.1 Å². The van der Waals surface area contributed by atoms with E-state index in [0.29, 0.717) is 20.6 Å². The van der Waals surface area contributed by atoms with E-state index in [2.05, 4.69) is 13.8 Å². The molecule has 0 aliphatic heterocycles. The minimum Gasteiger partial charge on any atom is -0.294 e. The van der Waals surface area contributed by atoms with Gasteiger partial charge in [0.25, 0.3) is 0 Å². The normalized spacial score (nSPS) is 22.2. The van der Waals surface area contributed by atoms with Gasteiger partial charge in [-0.05, 0) is 30.4 Å². The second kappa shape index (κ2) is 5.03. The van der Waals surface area contributed by atoms with E-state index in [1.807, 2.05) is 0 Å². The van der Waals surface area contributed by atoms with Gasteiger partial charge in [-0.1, -0.05) is 55.1 Å². The zero-order chi connectivity index (χ0) is 13.5. The molecule has 0 heterocycles. The molecule has 1 aliphatic carbocycles. The second-order valence-corrected chi connectivity index (χ2v) is 6.79. The Morgan fingerprint density at radius 2 is 1.78 bits per heavy atom. The maximum atomic E-state index is 12.6. The molecule has 0 bridgehead atoms. The first-order valence-corrected chi connectivity index (χ1v) is 7.15. The minimum absolute atomic E-state index is 0.00586. The summed E-state index contributed by atoms with van der Waals surface area (Å²) in [6, 6.07) is 3.15. The van der Waals surface area contributed by atoms with Crippen LogP contribution in [-0.2, 0) is 0 Å². The number of halogens is 3. The van der Waals surface area contributed by atoms with Crippen molar-refractivity contribution < 1.29 is 4.79 Å². The first-order chi connectivity index (χ1) is 8.33. The Hall–Kier alpha value is -0.240. The maximum Gasteiger partial charge on any atom is 0.169 e. The van der Waals surface area contributed by atoms with Gasteiger partial charge in [0.2, 0.25) is 0 Å². The third kappa shape index (κ3) is 2.54. The zero-order valence-corrected chi connectivity index (χ0v) is 12.7. The molecule has 98 valence electrons. The molecule has 0 spiro atoms. The van der Waals surface area contributed by atoms with Crippen molar-refractivity contribution in [3.63, 3.8) is 0 Å². The first kappa shape index (κ1) is 14.2. The Balaban J connectivity index is 2.41. The molecule has 18 heavy (non-hydrogen) atoms. The Morgan fingerprint density at radius 3 is 2.22 bits per heavy atom. The lowest BCUT2D eigenvalue weighted by molar-refractivity contribution is 0.0839. The molecule has 4 heteroatoms. The smallest absolute Gasteiger partial charge is 0.169 e. The Bertz CT molecular complexity index is 471. The van der Waals surface area contributed by atoms with Crippen molar-refractivity contribution in [1.82, 2.24) is 0 Å². The lowest BCUT2D eigenvalue weighted by atomic mass is 9.77. The van der Waals surface area contributed by atoms with Crippen LogP contribution < -0.4 is 0 Å². The number of benzene rings is 1. The molecule has 0 radical (unpaired) electrons. The monoisotopic (exact) mass is 304 g/mol. The topological polar surface area (TPSA) is 17.1 Å². The third-order valence-electron chi connectivity index (χ3n) is 3.83. The summed E-state index contributed by atoms with van der Waals surface area (Å²) < 4.78 is 0. The van der Waals surface area contributed by atoms with Crippen molar-refractivity contribution in [2.75, 3.05) is 0 Å². The lowest BCUT2D eigenvalue weighted by Crippen LogP contribution is -2.26. The molecule has 0 N–H and O–H groups in total.